The van der Waals surface area contributed by atoms with Gasteiger partial charge in [-0.3, -0.25) is 13.9 Å². The third-order valence-electron chi connectivity index (χ3n) is 5.59. The van der Waals surface area contributed by atoms with Crippen LogP contribution >= 0.6 is 23.4 Å². The van der Waals surface area contributed by atoms with Crippen molar-refractivity contribution in [2.75, 3.05) is 4.72 Å². The van der Waals surface area contributed by atoms with Gasteiger partial charge in [0.15, 0.2) is 0 Å². The molecule has 1 N–H and O–H groups in total. The smallest absolute Gasteiger partial charge is 0.295 e. The number of aryl methyl sites for hydroxylation is 2. The van der Waals surface area contributed by atoms with Crippen LogP contribution in [0.3, 0.4) is 0 Å². The lowest BCUT2D eigenvalue weighted by atomic mass is 10.0. The van der Waals surface area contributed by atoms with Crippen molar-refractivity contribution >= 4 is 50.1 Å². The Labute approximate surface area is 185 Å². The fourth-order valence-corrected chi connectivity index (χ4v) is 6.49. The highest BCUT2D eigenvalue weighted by Gasteiger charge is 2.22. The molecule has 30 heavy (non-hydrogen) atoms. The molecule has 0 radical (unpaired) electrons. The first-order valence-corrected chi connectivity index (χ1v) is 12.6. The van der Waals surface area contributed by atoms with Crippen molar-refractivity contribution in [3.05, 3.63) is 51.9 Å². The molecule has 6 nitrogen and oxygen atoms in total. The van der Waals surface area contributed by atoms with Crippen LogP contribution in [0.5, 0.6) is 0 Å². The van der Waals surface area contributed by atoms with E-state index in [1.54, 1.807) is 48.6 Å². The second kappa shape index (κ2) is 8.32. The molecule has 1 aliphatic carbocycles. The summed E-state index contributed by atoms with van der Waals surface area (Å²) < 4.78 is 31.9. The number of rotatable bonds is 5. The van der Waals surface area contributed by atoms with Crippen LogP contribution in [0.25, 0.3) is 11.0 Å². The maximum atomic E-state index is 13.0. The van der Waals surface area contributed by atoms with E-state index in [1.165, 1.54) is 36.0 Å². The fraction of sp³-hybridized carbons (Fsp3) is 0.381. The van der Waals surface area contributed by atoms with Gasteiger partial charge in [-0.25, -0.2) is 13.2 Å². The molecule has 4 rings (SSSR count). The fourth-order valence-electron chi connectivity index (χ4n) is 3.88. The third-order valence-corrected chi connectivity index (χ3v) is 8.62. The Morgan fingerprint density at radius 3 is 2.23 bits per heavy atom. The number of fused-ring (bicyclic) bond motifs is 1. The first-order valence-electron chi connectivity index (χ1n) is 9.91. The Kier molecular flexibility index (Phi) is 5.92. The molecule has 0 spiro atoms. The zero-order valence-corrected chi connectivity index (χ0v) is 19.3. The number of sulfonamides is 1. The molecule has 1 fully saturated rings. The van der Waals surface area contributed by atoms with Gasteiger partial charge >= 0.3 is 5.69 Å². The molecule has 9 heteroatoms. The number of thioether (sulfide) groups is 1. The first-order chi connectivity index (χ1) is 14.3. The zero-order chi connectivity index (χ0) is 21.5. The van der Waals surface area contributed by atoms with Gasteiger partial charge < -0.3 is 0 Å². The molecule has 1 aliphatic rings. The van der Waals surface area contributed by atoms with Gasteiger partial charge in [0.05, 0.1) is 21.6 Å². The van der Waals surface area contributed by atoms with Gasteiger partial charge in [0, 0.05) is 29.3 Å². The summed E-state index contributed by atoms with van der Waals surface area (Å²) in [6, 6.07) is 9.76. The molecule has 1 heterocycles. The summed E-state index contributed by atoms with van der Waals surface area (Å²) in [4.78, 5) is 13.4. The van der Waals surface area contributed by atoms with Crippen molar-refractivity contribution in [2.45, 2.75) is 47.1 Å². The van der Waals surface area contributed by atoms with Crippen molar-refractivity contribution in [2.24, 2.45) is 14.1 Å². The Bertz CT molecular complexity index is 1240. The summed E-state index contributed by atoms with van der Waals surface area (Å²) in [5, 5.41) is 0.916. The minimum atomic E-state index is -3.79. The molecule has 1 aromatic heterocycles. The van der Waals surface area contributed by atoms with Crippen LogP contribution in [0.2, 0.25) is 5.02 Å². The first kappa shape index (κ1) is 21.3. The van der Waals surface area contributed by atoms with Gasteiger partial charge in [-0.1, -0.05) is 30.9 Å². The Balaban J connectivity index is 1.79. The summed E-state index contributed by atoms with van der Waals surface area (Å²) >= 11 is 7.60. The largest absolute Gasteiger partial charge is 0.328 e. The van der Waals surface area contributed by atoms with Crippen molar-refractivity contribution in [3.8, 4) is 0 Å². The van der Waals surface area contributed by atoms with Gasteiger partial charge in [-0.2, -0.15) is 0 Å². The average molecular weight is 466 g/mol. The van der Waals surface area contributed by atoms with E-state index in [4.69, 9.17) is 11.6 Å². The van der Waals surface area contributed by atoms with Crippen LogP contribution in [0.1, 0.15) is 32.1 Å². The quantitative estimate of drug-likeness (QED) is 0.589. The minimum Gasteiger partial charge on any atom is -0.295 e. The normalized spacial score (nSPS) is 15.6. The lowest BCUT2D eigenvalue weighted by molar-refractivity contribution is 0.516. The van der Waals surface area contributed by atoms with E-state index >= 15 is 0 Å². The van der Waals surface area contributed by atoms with Crippen LogP contribution in [-0.2, 0) is 24.1 Å². The van der Waals surface area contributed by atoms with Crippen LogP contribution in [-0.4, -0.2) is 22.8 Å². The van der Waals surface area contributed by atoms with E-state index < -0.39 is 10.0 Å². The topological polar surface area (TPSA) is 73.1 Å². The van der Waals surface area contributed by atoms with E-state index in [-0.39, 0.29) is 10.6 Å². The average Bonchev–Trinajstić information content (AvgIpc) is 2.93. The SMILES string of the molecule is Cn1c(=O)n(C)c2cc(SC3CCCCC3)c(NS(=O)(=O)c3ccc(Cl)cc3)cc21. The zero-order valence-electron chi connectivity index (χ0n) is 16.9. The number of hydrogen-bond donors (Lipinski definition) is 1. The minimum absolute atomic E-state index is 0.141. The molecular weight excluding hydrogens is 442 g/mol. The van der Waals surface area contributed by atoms with Crippen molar-refractivity contribution in [1.29, 1.82) is 0 Å². The van der Waals surface area contributed by atoms with E-state index in [1.807, 2.05) is 6.07 Å². The monoisotopic (exact) mass is 465 g/mol. The number of nitrogens with one attached hydrogen (secondary N) is 1. The summed E-state index contributed by atoms with van der Waals surface area (Å²) in [6.07, 6.45) is 5.85. The van der Waals surface area contributed by atoms with Crippen molar-refractivity contribution in [1.82, 2.24) is 9.13 Å². The number of anilines is 1. The maximum Gasteiger partial charge on any atom is 0.328 e. The van der Waals surface area contributed by atoms with Gasteiger partial charge in [0.25, 0.3) is 10.0 Å². The number of hydrogen-bond acceptors (Lipinski definition) is 4. The predicted molar refractivity (Wildman–Crippen MR) is 123 cm³/mol. The molecular formula is C21H24ClN3O3S2. The number of imidazole rings is 1. The second-order valence-electron chi connectivity index (χ2n) is 7.67. The van der Waals surface area contributed by atoms with E-state index in [0.717, 1.165) is 23.3 Å². The van der Waals surface area contributed by atoms with Crippen LogP contribution in [0.4, 0.5) is 5.69 Å². The maximum absolute atomic E-state index is 13.0. The number of nitrogens with zero attached hydrogens (tertiary/aromatic N) is 2. The predicted octanol–water partition coefficient (Wildman–Crippen LogP) is 4.76. The molecule has 0 aliphatic heterocycles. The standard InChI is InChI=1S/C21H24ClN3O3S2/c1-24-18-12-17(23-30(27,28)16-10-8-14(22)9-11-16)20(13-19(18)25(2)21(24)26)29-15-6-4-3-5-7-15/h8-13,15,23H,3-7H2,1-2H3. The van der Waals surface area contributed by atoms with Gasteiger partial charge in [0.1, 0.15) is 0 Å². The number of aromatic nitrogens is 2. The highest BCUT2D eigenvalue weighted by atomic mass is 35.5. The van der Waals surface area contributed by atoms with Crippen molar-refractivity contribution < 1.29 is 8.42 Å². The molecule has 0 bridgehead atoms. The summed E-state index contributed by atoms with van der Waals surface area (Å²) in [6.45, 7) is 0. The van der Waals surface area contributed by atoms with Gasteiger partial charge in [-0.05, 0) is 49.2 Å². The third kappa shape index (κ3) is 4.13. The number of benzene rings is 2. The number of halogens is 1. The van der Waals surface area contributed by atoms with Crippen molar-refractivity contribution in [3.63, 3.8) is 0 Å². The molecule has 0 saturated heterocycles. The molecule has 2 aromatic carbocycles. The highest BCUT2D eigenvalue weighted by Crippen LogP contribution is 2.39. The van der Waals surface area contributed by atoms with Crippen LogP contribution in [0, 0.1) is 0 Å². The highest BCUT2D eigenvalue weighted by molar-refractivity contribution is 8.00. The summed E-state index contributed by atoms with van der Waals surface area (Å²) in [5.41, 5.74) is 1.82. The van der Waals surface area contributed by atoms with E-state index in [9.17, 15) is 13.2 Å². The summed E-state index contributed by atoms with van der Waals surface area (Å²) in [7, 11) is -0.370. The molecule has 3 aromatic rings. The van der Waals surface area contributed by atoms with E-state index in [2.05, 4.69) is 4.72 Å². The Morgan fingerprint density at radius 1 is 1.00 bits per heavy atom. The molecule has 0 atom stereocenters. The Hall–Kier alpha value is -1.90. The lowest BCUT2D eigenvalue weighted by Gasteiger charge is -2.22. The second-order valence-corrected chi connectivity index (χ2v) is 11.1. The summed E-state index contributed by atoms with van der Waals surface area (Å²) in [5.74, 6) is 0. The lowest BCUT2D eigenvalue weighted by Crippen LogP contribution is -2.19. The van der Waals surface area contributed by atoms with E-state index in [0.29, 0.717) is 21.5 Å². The Morgan fingerprint density at radius 2 is 1.60 bits per heavy atom. The van der Waals surface area contributed by atoms with Gasteiger partial charge in [0.2, 0.25) is 0 Å². The molecule has 1 saturated carbocycles. The molecule has 160 valence electrons. The molecule has 0 amide bonds. The van der Waals surface area contributed by atoms with Crippen LogP contribution in [0.15, 0.2) is 51.0 Å². The molecule has 0 unspecified atom stereocenters. The van der Waals surface area contributed by atoms with Gasteiger partial charge in [-0.15, -0.1) is 11.8 Å². The van der Waals surface area contributed by atoms with Crippen LogP contribution < -0.4 is 10.4 Å².